The third-order valence-corrected chi connectivity index (χ3v) is 3.04. The first kappa shape index (κ1) is 12.5. The molecule has 0 saturated carbocycles. The molecule has 0 fully saturated rings. The summed E-state index contributed by atoms with van der Waals surface area (Å²) in [7, 11) is 0. The van der Waals surface area contributed by atoms with E-state index < -0.39 is 0 Å². The average Bonchev–Trinajstić information content (AvgIpc) is 2.26. The summed E-state index contributed by atoms with van der Waals surface area (Å²) in [6, 6.07) is 8.31. The molecule has 1 nitrogen and oxygen atoms in total. The highest BCUT2D eigenvalue weighted by atomic mass is 79.9. The van der Waals surface area contributed by atoms with Gasteiger partial charge in [0.25, 0.3) is 0 Å². The highest BCUT2D eigenvalue weighted by Crippen LogP contribution is 2.19. The van der Waals surface area contributed by atoms with E-state index in [-0.39, 0.29) is 0 Å². The standard InChI is InChI=1S/C13H18BrN/c1-3-11(10-15-4-2)9-12-7-5-6-8-13(12)14/h5-9,15H,3-4,10H2,1-2H3. The van der Waals surface area contributed by atoms with Gasteiger partial charge in [-0.25, -0.2) is 0 Å². The van der Waals surface area contributed by atoms with Crippen LogP contribution < -0.4 is 5.32 Å². The van der Waals surface area contributed by atoms with Gasteiger partial charge in [0.2, 0.25) is 0 Å². The second-order valence-electron chi connectivity index (χ2n) is 3.46. The summed E-state index contributed by atoms with van der Waals surface area (Å²) >= 11 is 3.56. The molecular weight excluding hydrogens is 250 g/mol. The van der Waals surface area contributed by atoms with E-state index in [1.165, 1.54) is 11.1 Å². The first-order valence-corrected chi connectivity index (χ1v) is 6.22. The van der Waals surface area contributed by atoms with Gasteiger partial charge in [-0.3, -0.25) is 0 Å². The van der Waals surface area contributed by atoms with E-state index in [4.69, 9.17) is 0 Å². The molecule has 1 aromatic carbocycles. The summed E-state index contributed by atoms with van der Waals surface area (Å²) in [5.41, 5.74) is 2.69. The Balaban J connectivity index is 2.78. The Kier molecular flexibility index (Phi) is 5.66. The lowest BCUT2D eigenvalue weighted by molar-refractivity contribution is 0.762. The Labute approximate surface area is 101 Å². The van der Waals surface area contributed by atoms with E-state index in [1.54, 1.807) is 0 Å². The highest BCUT2D eigenvalue weighted by molar-refractivity contribution is 9.10. The van der Waals surface area contributed by atoms with Gasteiger partial charge in [0.05, 0.1) is 0 Å². The summed E-state index contributed by atoms with van der Waals surface area (Å²) in [5, 5.41) is 3.36. The number of rotatable bonds is 5. The largest absolute Gasteiger partial charge is 0.313 e. The Bertz CT molecular complexity index is 331. The molecular formula is C13H18BrN. The Hall–Kier alpha value is -0.600. The van der Waals surface area contributed by atoms with E-state index in [2.05, 4.69) is 59.4 Å². The third-order valence-electron chi connectivity index (χ3n) is 2.32. The van der Waals surface area contributed by atoms with Crippen molar-refractivity contribution in [2.24, 2.45) is 0 Å². The van der Waals surface area contributed by atoms with Crippen molar-refractivity contribution in [2.75, 3.05) is 13.1 Å². The fourth-order valence-corrected chi connectivity index (χ4v) is 1.77. The molecule has 15 heavy (non-hydrogen) atoms. The molecule has 0 aliphatic rings. The van der Waals surface area contributed by atoms with Crippen LogP contribution in [0, 0.1) is 0 Å². The first-order chi connectivity index (χ1) is 7.27. The minimum absolute atomic E-state index is 0.980. The molecule has 82 valence electrons. The summed E-state index contributed by atoms with van der Waals surface area (Å²) in [5.74, 6) is 0. The normalized spacial score (nSPS) is 11.8. The van der Waals surface area contributed by atoms with Crippen molar-refractivity contribution in [1.29, 1.82) is 0 Å². The number of nitrogens with one attached hydrogen (secondary N) is 1. The maximum atomic E-state index is 3.56. The van der Waals surface area contributed by atoms with Crippen LogP contribution in [0.4, 0.5) is 0 Å². The van der Waals surface area contributed by atoms with Crippen LogP contribution in [0.15, 0.2) is 34.3 Å². The molecule has 0 unspecified atom stereocenters. The molecule has 0 radical (unpaired) electrons. The lowest BCUT2D eigenvalue weighted by Crippen LogP contribution is -2.15. The zero-order valence-electron chi connectivity index (χ0n) is 9.39. The van der Waals surface area contributed by atoms with Crippen LogP contribution in [0.1, 0.15) is 25.8 Å². The molecule has 0 aliphatic carbocycles. The van der Waals surface area contributed by atoms with Gasteiger partial charge in [-0.15, -0.1) is 0 Å². The SMILES string of the molecule is CCNCC(=Cc1ccccc1Br)CC. The van der Waals surface area contributed by atoms with Crippen molar-refractivity contribution in [3.63, 3.8) is 0 Å². The predicted octanol–water partition coefficient (Wildman–Crippen LogP) is 3.85. The van der Waals surface area contributed by atoms with E-state index in [0.717, 1.165) is 24.0 Å². The first-order valence-electron chi connectivity index (χ1n) is 5.42. The summed E-state index contributed by atoms with van der Waals surface area (Å²) in [6.07, 6.45) is 3.35. The van der Waals surface area contributed by atoms with Crippen molar-refractivity contribution in [3.05, 3.63) is 39.9 Å². The molecule has 0 aliphatic heterocycles. The van der Waals surface area contributed by atoms with E-state index >= 15 is 0 Å². The zero-order valence-corrected chi connectivity index (χ0v) is 11.0. The maximum Gasteiger partial charge on any atom is 0.0247 e. The number of likely N-dealkylation sites (N-methyl/N-ethyl adjacent to an activating group) is 1. The molecule has 1 N–H and O–H groups in total. The molecule has 2 heteroatoms. The van der Waals surface area contributed by atoms with Crippen LogP contribution in [0.2, 0.25) is 0 Å². The van der Waals surface area contributed by atoms with Crippen LogP contribution in [-0.4, -0.2) is 13.1 Å². The third kappa shape index (κ3) is 4.18. The quantitative estimate of drug-likeness (QED) is 0.855. The second kappa shape index (κ2) is 6.81. The van der Waals surface area contributed by atoms with Crippen LogP contribution in [-0.2, 0) is 0 Å². The topological polar surface area (TPSA) is 12.0 Å². The van der Waals surface area contributed by atoms with Gasteiger partial charge in [0, 0.05) is 11.0 Å². The van der Waals surface area contributed by atoms with Gasteiger partial charge in [-0.2, -0.15) is 0 Å². The van der Waals surface area contributed by atoms with Crippen LogP contribution >= 0.6 is 15.9 Å². The number of halogens is 1. The van der Waals surface area contributed by atoms with Gasteiger partial charge < -0.3 is 5.32 Å². The molecule has 0 heterocycles. The Morgan fingerprint density at radius 2 is 2.07 bits per heavy atom. The van der Waals surface area contributed by atoms with Gasteiger partial charge >= 0.3 is 0 Å². The fraction of sp³-hybridized carbons (Fsp3) is 0.385. The summed E-state index contributed by atoms with van der Waals surface area (Å²) < 4.78 is 1.16. The maximum absolute atomic E-state index is 3.56. The minimum atomic E-state index is 0.980. The minimum Gasteiger partial charge on any atom is -0.313 e. The average molecular weight is 268 g/mol. The number of hydrogen-bond donors (Lipinski definition) is 1. The van der Waals surface area contributed by atoms with E-state index in [1.807, 2.05) is 6.07 Å². The lowest BCUT2D eigenvalue weighted by atomic mass is 10.1. The van der Waals surface area contributed by atoms with Crippen molar-refractivity contribution in [3.8, 4) is 0 Å². The molecule has 0 spiro atoms. The smallest absolute Gasteiger partial charge is 0.0247 e. The van der Waals surface area contributed by atoms with Crippen molar-refractivity contribution in [2.45, 2.75) is 20.3 Å². The molecule has 1 aromatic rings. The van der Waals surface area contributed by atoms with Gasteiger partial charge in [0.1, 0.15) is 0 Å². The van der Waals surface area contributed by atoms with Crippen LogP contribution in [0.3, 0.4) is 0 Å². The number of benzene rings is 1. The fourth-order valence-electron chi connectivity index (χ4n) is 1.38. The van der Waals surface area contributed by atoms with Gasteiger partial charge in [-0.1, -0.05) is 59.6 Å². The predicted molar refractivity (Wildman–Crippen MR) is 71.0 cm³/mol. The zero-order chi connectivity index (χ0) is 11.1. The summed E-state index contributed by atoms with van der Waals surface area (Å²) in [4.78, 5) is 0. The van der Waals surface area contributed by atoms with Crippen LogP contribution in [0.25, 0.3) is 6.08 Å². The van der Waals surface area contributed by atoms with Crippen LogP contribution in [0.5, 0.6) is 0 Å². The molecule has 0 aromatic heterocycles. The van der Waals surface area contributed by atoms with E-state index in [0.29, 0.717) is 0 Å². The summed E-state index contributed by atoms with van der Waals surface area (Å²) in [6.45, 7) is 6.33. The molecule has 0 saturated heterocycles. The second-order valence-corrected chi connectivity index (χ2v) is 4.31. The Morgan fingerprint density at radius 3 is 2.67 bits per heavy atom. The Morgan fingerprint density at radius 1 is 1.33 bits per heavy atom. The van der Waals surface area contributed by atoms with Crippen molar-refractivity contribution < 1.29 is 0 Å². The lowest BCUT2D eigenvalue weighted by Gasteiger charge is -2.06. The monoisotopic (exact) mass is 267 g/mol. The van der Waals surface area contributed by atoms with Gasteiger partial charge in [0.15, 0.2) is 0 Å². The number of hydrogen-bond acceptors (Lipinski definition) is 1. The molecule has 0 bridgehead atoms. The van der Waals surface area contributed by atoms with Crippen molar-refractivity contribution in [1.82, 2.24) is 5.32 Å². The van der Waals surface area contributed by atoms with E-state index in [9.17, 15) is 0 Å². The van der Waals surface area contributed by atoms with Gasteiger partial charge in [-0.05, 0) is 24.6 Å². The van der Waals surface area contributed by atoms with Crippen molar-refractivity contribution >= 4 is 22.0 Å². The highest BCUT2D eigenvalue weighted by Gasteiger charge is 1.97. The molecule has 0 atom stereocenters. The molecule has 0 amide bonds. The molecule has 1 rings (SSSR count).